The molecular weight excluding hydrogens is 312 g/mol. The molecule has 1 aromatic carbocycles. The van der Waals surface area contributed by atoms with E-state index in [0.717, 1.165) is 48.2 Å². The highest BCUT2D eigenvalue weighted by atomic mass is 16.1. The number of pyridine rings is 1. The van der Waals surface area contributed by atoms with Gasteiger partial charge in [0.1, 0.15) is 5.82 Å². The largest absolute Gasteiger partial charge is 0.370 e. The lowest BCUT2D eigenvalue weighted by Crippen LogP contribution is -2.35. The average molecular weight is 338 g/mol. The van der Waals surface area contributed by atoms with Gasteiger partial charge >= 0.3 is 0 Å². The molecule has 1 aliphatic carbocycles. The first kappa shape index (κ1) is 16.3. The van der Waals surface area contributed by atoms with Crippen molar-refractivity contribution in [1.82, 2.24) is 15.2 Å². The summed E-state index contributed by atoms with van der Waals surface area (Å²) in [4.78, 5) is 19.7. The monoisotopic (exact) mass is 338 g/mol. The van der Waals surface area contributed by atoms with Gasteiger partial charge in [0.15, 0.2) is 0 Å². The quantitative estimate of drug-likeness (QED) is 0.880. The van der Waals surface area contributed by atoms with Crippen LogP contribution in [0.3, 0.4) is 0 Å². The molecule has 0 bridgehead atoms. The first-order valence-corrected chi connectivity index (χ1v) is 9.32. The molecule has 2 aliphatic rings. The van der Waals surface area contributed by atoms with Gasteiger partial charge in [0.2, 0.25) is 0 Å². The number of para-hydroxylation sites is 1. The van der Waals surface area contributed by atoms with E-state index in [1.807, 2.05) is 30.3 Å². The predicted octanol–water partition coefficient (Wildman–Crippen LogP) is 2.88. The molecule has 2 fully saturated rings. The highest BCUT2D eigenvalue weighted by Gasteiger charge is 2.25. The fourth-order valence-corrected chi connectivity index (χ4v) is 3.63. The molecule has 2 heterocycles. The van der Waals surface area contributed by atoms with E-state index in [1.165, 1.54) is 19.4 Å². The Bertz CT molecular complexity index is 771. The molecule has 1 aromatic heterocycles. The molecule has 1 aliphatic heterocycles. The topological polar surface area (TPSA) is 57.3 Å². The second-order valence-electron chi connectivity index (χ2n) is 7.47. The smallest absolute Gasteiger partial charge is 0.252 e. The van der Waals surface area contributed by atoms with Crippen molar-refractivity contribution in [1.29, 1.82) is 0 Å². The van der Waals surface area contributed by atoms with Crippen LogP contribution in [0.2, 0.25) is 0 Å². The summed E-state index contributed by atoms with van der Waals surface area (Å²) in [5, 5.41) is 7.49. The van der Waals surface area contributed by atoms with E-state index in [-0.39, 0.29) is 5.91 Å². The van der Waals surface area contributed by atoms with Crippen molar-refractivity contribution in [2.45, 2.75) is 31.7 Å². The Morgan fingerprint density at radius 2 is 2.12 bits per heavy atom. The summed E-state index contributed by atoms with van der Waals surface area (Å²) in [7, 11) is 2.18. The van der Waals surface area contributed by atoms with Crippen LogP contribution in [0.25, 0.3) is 10.9 Å². The van der Waals surface area contributed by atoms with Crippen LogP contribution in [0.4, 0.5) is 5.82 Å². The lowest BCUT2D eigenvalue weighted by molar-refractivity contribution is 0.0952. The minimum atomic E-state index is 0.0153. The molecule has 2 N–H and O–H groups in total. The highest BCUT2D eigenvalue weighted by molar-refractivity contribution is 6.07. The molecule has 5 nitrogen and oxygen atoms in total. The van der Waals surface area contributed by atoms with Crippen molar-refractivity contribution in [2.75, 3.05) is 32.0 Å². The van der Waals surface area contributed by atoms with Gasteiger partial charge in [-0.1, -0.05) is 18.2 Å². The van der Waals surface area contributed by atoms with Crippen molar-refractivity contribution in [3.8, 4) is 0 Å². The summed E-state index contributed by atoms with van der Waals surface area (Å²) in [5.74, 6) is 1.45. The number of piperidine rings is 1. The summed E-state index contributed by atoms with van der Waals surface area (Å²) in [5.41, 5.74) is 1.59. The zero-order chi connectivity index (χ0) is 17.2. The molecule has 2 aromatic rings. The van der Waals surface area contributed by atoms with Gasteiger partial charge in [-0.05, 0) is 57.3 Å². The van der Waals surface area contributed by atoms with Crippen LogP contribution >= 0.6 is 0 Å². The zero-order valence-electron chi connectivity index (χ0n) is 14.8. The van der Waals surface area contributed by atoms with E-state index in [0.29, 0.717) is 12.0 Å². The standard InChI is InChI=1S/C20H26N4O/c1-24-10-4-5-14(13-24)12-21-19-11-17(20(25)22-15-8-9-15)16-6-2-3-7-18(16)23-19/h2-3,6-7,11,14-15H,4-5,8-10,12-13H2,1H3,(H,21,23)(H,22,25). The summed E-state index contributed by atoms with van der Waals surface area (Å²) in [6.07, 6.45) is 4.69. The number of amides is 1. The Hall–Kier alpha value is -2.14. The number of anilines is 1. The van der Waals surface area contributed by atoms with Crippen LogP contribution in [-0.2, 0) is 0 Å². The van der Waals surface area contributed by atoms with Crippen LogP contribution in [0.1, 0.15) is 36.0 Å². The maximum Gasteiger partial charge on any atom is 0.252 e. The SMILES string of the molecule is CN1CCCC(CNc2cc(C(=O)NC3CC3)c3ccccc3n2)C1. The Labute approximate surface area is 148 Å². The van der Waals surface area contributed by atoms with Gasteiger partial charge in [0.05, 0.1) is 11.1 Å². The second-order valence-corrected chi connectivity index (χ2v) is 7.47. The van der Waals surface area contributed by atoms with Gasteiger partial charge < -0.3 is 15.5 Å². The van der Waals surface area contributed by atoms with Crippen molar-refractivity contribution in [3.05, 3.63) is 35.9 Å². The number of carbonyl (C=O) groups is 1. The predicted molar refractivity (Wildman–Crippen MR) is 101 cm³/mol. The molecule has 1 saturated carbocycles. The molecule has 1 amide bonds. The molecule has 1 saturated heterocycles. The average Bonchev–Trinajstić information content (AvgIpc) is 3.43. The molecule has 1 atom stereocenters. The van der Waals surface area contributed by atoms with E-state index >= 15 is 0 Å². The van der Waals surface area contributed by atoms with Crippen molar-refractivity contribution >= 4 is 22.6 Å². The number of nitrogens with zero attached hydrogens (tertiary/aromatic N) is 2. The molecule has 25 heavy (non-hydrogen) atoms. The molecule has 132 valence electrons. The minimum Gasteiger partial charge on any atom is -0.370 e. The Morgan fingerprint density at radius 3 is 2.92 bits per heavy atom. The molecule has 0 spiro atoms. The third-order valence-electron chi connectivity index (χ3n) is 5.17. The third-order valence-corrected chi connectivity index (χ3v) is 5.17. The number of fused-ring (bicyclic) bond motifs is 1. The maximum absolute atomic E-state index is 12.6. The first-order chi connectivity index (χ1) is 12.2. The fraction of sp³-hybridized carbons (Fsp3) is 0.500. The number of rotatable bonds is 5. The van der Waals surface area contributed by atoms with E-state index in [9.17, 15) is 4.79 Å². The van der Waals surface area contributed by atoms with Crippen LogP contribution in [-0.4, -0.2) is 48.5 Å². The number of likely N-dealkylation sites (tertiary alicyclic amines) is 1. The molecular formula is C20H26N4O. The number of hydrogen-bond acceptors (Lipinski definition) is 4. The second kappa shape index (κ2) is 7.00. The zero-order valence-corrected chi connectivity index (χ0v) is 14.8. The van der Waals surface area contributed by atoms with Gasteiger partial charge in [0.25, 0.3) is 5.91 Å². The van der Waals surface area contributed by atoms with Crippen molar-refractivity contribution in [3.63, 3.8) is 0 Å². The summed E-state index contributed by atoms with van der Waals surface area (Å²) in [6, 6.07) is 10.1. The number of hydrogen-bond donors (Lipinski definition) is 2. The summed E-state index contributed by atoms with van der Waals surface area (Å²) in [6.45, 7) is 3.21. The van der Waals surface area contributed by atoms with Crippen LogP contribution in [0.5, 0.6) is 0 Å². The summed E-state index contributed by atoms with van der Waals surface area (Å²) < 4.78 is 0. The van der Waals surface area contributed by atoms with E-state index < -0.39 is 0 Å². The molecule has 0 radical (unpaired) electrons. The summed E-state index contributed by atoms with van der Waals surface area (Å²) >= 11 is 0. The van der Waals surface area contributed by atoms with Crippen LogP contribution < -0.4 is 10.6 Å². The van der Waals surface area contributed by atoms with E-state index in [2.05, 4.69) is 22.6 Å². The highest BCUT2D eigenvalue weighted by Crippen LogP contribution is 2.24. The number of carbonyl (C=O) groups excluding carboxylic acids is 1. The first-order valence-electron chi connectivity index (χ1n) is 9.32. The number of benzene rings is 1. The van der Waals surface area contributed by atoms with Crippen molar-refractivity contribution < 1.29 is 4.79 Å². The number of nitrogens with one attached hydrogen (secondary N) is 2. The molecule has 1 unspecified atom stereocenters. The van der Waals surface area contributed by atoms with Gasteiger partial charge in [0, 0.05) is 24.5 Å². The Kier molecular flexibility index (Phi) is 4.57. The third kappa shape index (κ3) is 3.93. The van der Waals surface area contributed by atoms with Gasteiger partial charge in [-0.2, -0.15) is 0 Å². The molecule has 5 heteroatoms. The van der Waals surface area contributed by atoms with Crippen LogP contribution in [0, 0.1) is 5.92 Å². The minimum absolute atomic E-state index is 0.0153. The van der Waals surface area contributed by atoms with E-state index in [4.69, 9.17) is 4.98 Å². The number of aromatic nitrogens is 1. The Balaban J connectivity index is 1.54. The fourth-order valence-electron chi connectivity index (χ4n) is 3.63. The van der Waals surface area contributed by atoms with Crippen molar-refractivity contribution in [2.24, 2.45) is 5.92 Å². The van der Waals surface area contributed by atoms with E-state index in [1.54, 1.807) is 0 Å². The van der Waals surface area contributed by atoms with Gasteiger partial charge in [-0.15, -0.1) is 0 Å². The lowest BCUT2D eigenvalue weighted by Gasteiger charge is -2.29. The van der Waals surface area contributed by atoms with Gasteiger partial charge in [-0.3, -0.25) is 4.79 Å². The normalized spacial score (nSPS) is 21.2. The Morgan fingerprint density at radius 1 is 1.28 bits per heavy atom. The molecule has 4 rings (SSSR count). The maximum atomic E-state index is 12.6. The van der Waals surface area contributed by atoms with Crippen LogP contribution in [0.15, 0.2) is 30.3 Å². The lowest BCUT2D eigenvalue weighted by atomic mass is 9.98. The van der Waals surface area contributed by atoms with Gasteiger partial charge in [-0.25, -0.2) is 4.98 Å².